The quantitative estimate of drug-likeness (QED) is 0.796. The van der Waals surface area contributed by atoms with Gasteiger partial charge < -0.3 is 4.90 Å². The molecule has 2 bridgehead atoms. The normalized spacial score (nSPS) is 26.1. The predicted molar refractivity (Wildman–Crippen MR) is 77.5 cm³/mol. The van der Waals surface area contributed by atoms with Gasteiger partial charge >= 0.3 is 0 Å². The number of hydrogen-bond acceptors (Lipinski definition) is 3. The first-order chi connectivity index (χ1) is 8.81. The van der Waals surface area contributed by atoms with Crippen molar-refractivity contribution in [1.29, 1.82) is 0 Å². The summed E-state index contributed by atoms with van der Waals surface area (Å²) in [5.41, 5.74) is 0. The van der Waals surface area contributed by atoms with Gasteiger partial charge in [-0.25, -0.2) is 0 Å². The summed E-state index contributed by atoms with van der Waals surface area (Å²) in [5, 5.41) is 1.87. The van der Waals surface area contributed by atoms with E-state index in [0.29, 0.717) is 11.3 Å². The highest BCUT2D eigenvalue weighted by molar-refractivity contribution is 8.00. The van der Waals surface area contributed by atoms with Crippen molar-refractivity contribution >= 4 is 39.1 Å². The van der Waals surface area contributed by atoms with Crippen molar-refractivity contribution < 1.29 is 4.79 Å². The molecule has 0 aliphatic carbocycles. The van der Waals surface area contributed by atoms with Crippen LogP contribution in [0.5, 0.6) is 0 Å². The molecule has 2 saturated heterocycles. The van der Waals surface area contributed by atoms with E-state index < -0.39 is 0 Å². The van der Waals surface area contributed by atoms with E-state index in [1.54, 1.807) is 11.3 Å². The fraction of sp³-hybridized carbons (Fsp3) is 0.357. The van der Waals surface area contributed by atoms with Gasteiger partial charge in [0.2, 0.25) is 0 Å². The molecule has 0 unspecified atom stereocenters. The molecule has 18 heavy (non-hydrogen) atoms. The van der Waals surface area contributed by atoms with Crippen molar-refractivity contribution in [1.82, 2.24) is 4.90 Å². The van der Waals surface area contributed by atoms with Gasteiger partial charge in [-0.1, -0.05) is 18.2 Å². The van der Waals surface area contributed by atoms with Gasteiger partial charge in [-0.15, -0.1) is 11.3 Å². The van der Waals surface area contributed by atoms with Crippen molar-refractivity contribution in [3.05, 3.63) is 35.2 Å². The van der Waals surface area contributed by atoms with E-state index in [9.17, 15) is 4.79 Å². The summed E-state index contributed by atoms with van der Waals surface area (Å²) >= 11 is 3.64. The lowest BCUT2D eigenvalue weighted by Gasteiger charge is -2.26. The van der Waals surface area contributed by atoms with Crippen molar-refractivity contribution in [2.24, 2.45) is 0 Å². The number of fused-ring (bicyclic) bond motifs is 3. The molecule has 0 saturated carbocycles. The summed E-state index contributed by atoms with van der Waals surface area (Å²) in [5.74, 6) is 1.37. The van der Waals surface area contributed by atoms with Crippen LogP contribution in [-0.2, 0) is 0 Å². The van der Waals surface area contributed by atoms with Gasteiger partial charge in [-0.05, 0) is 23.9 Å². The molecule has 2 aliphatic rings. The van der Waals surface area contributed by atoms with E-state index in [1.807, 2.05) is 30.0 Å². The van der Waals surface area contributed by atoms with Crippen molar-refractivity contribution in [3.63, 3.8) is 0 Å². The Hall–Kier alpha value is -1.00. The molecule has 0 radical (unpaired) electrons. The Morgan fingerprint density at radius 1 is 1.33 bits per heavy atom. The van der Waals surface area contributed by atoms with E-state index in [4.69, 9.17) is 0 Å². The zero-order chi connectivity index (χ0) is 12.1. The number of carbonyl (C=O) groups is 1. The second-order valence-electron chi connectivity index (χ2n) is 4.95. The molecule has 4 rings (SSSR count). The zero-order valence-electron chi connectivity index (χ0n) is 9.83. The van der Waals surface area contributed by atoms with Crippen molar-refractivity contribution in [3.8, 4) is 0 Å². The van der Waals surface area contributed by atoms with Crippen LogP contribution < -0.4 is 0 Å². The van der Waals surface area contributed by atoms with Crippen LogP contribution in [0.2, 0.25) is 0 Å². The molecule has 2 fully saturated rings. The molecular formula is C14H13NOS2. The fourth-order valence-corrected chi connectivity index (χ4v) is 5.33. The number of hydrogen-bond donors (Lipinski definition) is 0. The third-order valence-corrected chi connectivity index (χ3v) is 6.29. The smallest absolute Gasteiger partial charge is 0.264 e. The number of nitrogens with zero attached hydrogens (tertiary/aromatic N) is 1. The summed E-state index contributed by atoms with van der Waals surface area (Å²) in [6.07, 6.45) is 1.20. The number of benzene rings is 1. The molecule has 1 aromatic heterocycles. The SMILES string of the molecule is O=C(c1cc2ccccc2s1)N1C[C@H]2C[C@H]1CS2. The monoisotopic (exact) mass is 275 g/mol. The minimum Gasteiger partial charge on any atom is -0.333 e. The topological polar surface area (TPSA) is 20.3 Å². The molecule has 2 aromatic rings. The summed E-state index contributed by atoms with van der Waals surface area (Å²) < 4.78 is 1.21. The van der Waals surface area contributed by atoms with Crippen LogP contribution >= 0.6 is 23.1 Å². The zero-order valence-corrected chi connectivity index (χ0v) is 11.5. The van der Waals surface area contributed by atoms with E-state index in [0.717, 1.165) is 17.2 Å². The third-order valence-electron chi connectivity index (χ3n) is 3.80. The molecule has 92 valence electrons. The molecule has 4 heteroatoms. The Bertz CT molecular complexity index is 588. The molecule has 0 spiro atoms. The Balaban J connectivity index is 1.68. The molecule has 1 aromatic carbocycles. The van der Waals surface area contributed by atoms with Gasteiger partial charge in [0.25, 0.3) is 5.91 Å². The lowest BCUT2D eigenvalue weighted by molar-refractivity contribution is 0.0752. The Kier molecular flexibility index (Phi) is 2.42. The number of thiophene rings is 1. The van der Waals surface area contributed by atoms with Crippen molar-refractivity contribution in [2.75, 3.05) is 12.3 Å². The number of thioether (sulfide) groups is 1. The van der Waals surface area contributed by atoms with Gasteiger partial charge in [0.05, 0.1) is 4.88 Å². The standard InChI is InChI=1S/C14H13NOS2/c16-14(15-7-11-6-10(15)8-17-11)13-5-9-3-1-2-4-12(9)18-13/h1-5,10-11H,6-8H2/t10-,11+/m0/s1. The highest BCUT2D eigenvalue weighted by atomic mass is 32.2. The molecule has 2 nitrogen and oxygen atoms in total. The van der Waals surface area contributed by atoms with Gasteiger partial charge in [0, 0.05) is 28.3 Å². The first-order valence-electron chi connectivity index (χ1n) is 6.22. The van der Waals surface area contributed by atoms with Gasteiger partial charge in [0.15, 0.2) is 0 Å². The minimum absolute atomic E-state index is 0.240. The predicted octanol–water partition coefficient (Wildman–Crippen LogP) is 3.23. The first-order valence-corrected chi connectivity index (χ1v) is 8.09. The summed E-state index contributed by atoms with van der Waals surface area (Å²) in [7, 11) is 0. The summed E-state index contributed by atoms with van der Waals surface area (Å²) in [6.45, 7) is 0.947. The summed E-state index contributed by atoms with van der Waals surface area (Å²) in [6, 6.07) is 10.7. The van der Waals surface area contributed by atoms with Crippen LogP contribution in [0.3, 0.4) is 0 Å². The Morgan fingerprint density at radius 3 is 2.94 bits per heavy atom. The van der Waals surface area contributed by atoms with Gasteiger partial charge in [0.1, 0.15) is 0 Å². The Morgan fingerprint density at radius 2 is 2.22 bits per heavy atom. The molecule has 2 atom stereocenters. The van der Waals surface area contributed by atoms with Gasteiger partial charge in [-0.2, -0.15) is 11.8 Å². The molecule has 2 aliphatic heterocycles. The van der Waals surface area contributed by atoms with Crippen LogP contribution in [-0.4, -0.2) is 34.4 Å². The maximum absolute atomic E-state index is 12.5. The average Bonchev–Trinajstić information content (AvgIpc) is 3.11. The van der Waals surface area contributed by atoms with E-state index in [1.165, 1.54) is 16.5 Å². The van der Waals surface area contributed by atoms with Crippen LogP contribution in [0.15, 0.2) is 30.3 Å². The molecule has 1 amide bonds. The van der Waals surface area contributed by atoms with Crippen LogP contribution in [0, 0.1) is 0 Å². The number of rotatable bonds is 1. The maximum Gasteiger partial charge on any atom is 0.264 e. The highest BCUT2D eigenvalue weighted by Crippen LogP contribution is 2.39. The number of amides is 1. The average molecular weight is 275 g/mol. The van der Waals surface area contributed by atoms with E-state index in [-0.39, 0.29) is 5.91 Å². The first kappa shape index (κ1) is 10.9. The lowest BCUT2D eigenvalue weighted by Crippen LogP contribution is -2.38. The van der Waals surface area contributed by atoms with E-state index >= 15 is 0 Å². The largest absolute Gasteiger partial charge is 0.333 e. The minimum atomic E-state index is 0.240. The molecule has 0 N–H and O–H groups in total. The van der Waals surface area contributed by atoms with Crippen LogP contribution in [0.1, 0.15) is 16.1 Å². The van der Waals surface area contributed by atoms with Crippen LogP contribution in [0.25, 0.3) is 10.1 Å². The number of carbonyl (C=O) groups excluding carboxylic acids is 1. The number of likely N-dealkylation sites (tertiary alicyclic amines) is 1. The van der Waals surface area contributed by atoms with Crippen LogP contribution in [0.4, 0.5) is 0 Å². The second-order valence-corrected chi connectivity index (χ2v) is 7.37. The summed E-state index contributed by atoms with van der Waals surface area (Å²) in [4.78, 5) is 15.5. The molecular weight excluding hydrogens is 262 g/mol. The second kappa shape index (κ2) is 4.00. The van der Waals surface area contributed by atoms with Crippen molar-refractivity contribution in [2.45, 2.75) is 17.7 Å². The lowest BCUT2D eigenvalue weighted by atomic mass is 10.2. The van der Waals surface area contributed by atoms with Gasteiger partial charge in [-0.3, -0.25) is 4.79 Å². The van der Waals surface area contributed by atoms with E-state index in [2.05, 4.69) is 17.0 Å². The maximum atomic E-state index is 12.5. The highest BCUT2D eigenvalue weighted by Gasteiger charge is 2.41. The Labute approximate surface area is 114 Å². The fourth-order valence-electron chi connectivity index (χ4n) is 2.88. The molecule has 3 heterocycles. The third kappa shape index (κ3) is 1.59.